The van der Waals surface area contributed by atoms with Crippen molar-refractivity contribution < 1.29 is 13.9 Å². The van der Waals surface area contributed by atoms with Crippen LogP contribution in [0.5, 0.6) is 0 Å². The number of morpholine rings is 1. The van der Waals surface area contributed by atoms with Gasteiger partial charge in [0.1, 0.15) is 11.1 Å². The molecule has 0 saturated carbocycles. The third kappa shape index (κ3) is 5.74. The number of hydrogen-bond acceptors (Lipinski definition) is 8. The fourth-order valence-electron chi connectivity index (χ4n) is 4.54. The van der Waals surface area contributed by atoms with E-state index >= 15 is 0 Å². The summed E-state index contributed by atoms with van der Waals surface area (Å²) >= 11 is 0. The molecule has 0 unspecified atom stereocenters. The molecule has 1 aliphatic rings. The van der Waals surface area contributed by atoms with E-state index in [-0.39, 0.29) is 5.56 Å². The van der Waals surface area contributed by atoms with E-state index in [1.165, 1.54) is 6.08 Å². The van der Waals surface area contributed by atoms with Crippen LogP contribution in [0.4, 0.5) is 5.69 Å². The van der Waals surface area contributed by atoms with Crippen LogP contribution >= 0.6 is 0 Å². The van der Waals surface area contributed by atoms with Crippen molar-refractivity contribution >= 4 is 28.5 Å². The Morgan fingerprint density at radius 1 is 1.05 bits per heavy atom. The van der Waals surface area contributed by atoms with Crippen molar-refractivity contribution in [3.8, 4) is 5.69 Å². The lowest BCUT2D eigenvalue weighted by molar-refractivity contribution is 0.0336. The first-order chi connectivity index (χ1) is 18.5. The van der Waals surface area contributed by atoms with Gasteiger partial charge in [0, 0.05) is 49.9 Å². The SMILES string of the molecule is CCN(CC)c1ccc2cc(C(=O)C=Cc3ccc(-n4cc(CN5CCOCC5)nn4)cc3)c(=O)oc2c1. The first-order valence-electron chi connectivity index (χ1n) is 12.9. The predicted octanol–water partition coefficient (Wildman–Crippen LogP) is 3.95. The number of carbonyl (C=O) groups is 1. The van der Waals surface area contributed by atoms with Gasteiger partial charge in [-0.2, -0.15) is 0 Å². The van der Waals surface area contributed by atoms with Gasteiger partial charge < -0.3 is 14.1 Å². The number of ether oxygens (including phenoxy) is 1. The Bertz CT molecular complexity index is 1500. The average Bonchev–Trinajstić information content (AvgIpc) is 3.41. The first-order valence-corrected chi connectivity index (χ1v) is 12.9. The molecule has 0 aliphatic carbocycles. The minimum absolute atomic E-state index is 0.0105. The van der Waals surface area contributed by atoms with Gasteiger partial charge in [-0.1, -0.05) is 23.4 Å². The molecule has 0 bridgehead atoms. The van der Waals surface area contributed by atoms with Crippen LogP contribution in [0.2, 0.25) is 0 Å². The Labute approximate surface area is 220 Å². The van der Waals surface area contributed by atoms with Crippen molar-refractivity contribution in [1.29, 1.82) is 0 Å². The van der Waals surface area contributed by atoms with Gasteiger partial charge in [0.05, 0.1) is 30.8 Å². The number of hydrogen-bond donors (Lipinski definition) is 0. The average molecular weight is 514 g/mol. The number of aromatic nitrogens is 3. The zero-order valence-electron chi connectivity index (χ0n) is 21.7. The second kappa shape index (κ2) is 11.5. The maximum atomic E-state index is 12.8. The van der Waals surface area contributed by atoms with Crippen LogP contribution in [0.1, 0.15) is 35.5 Å². The van der Waals surface area contributed by atoms with Crippen LogP contribution in [0, 0.1) is 0 Å². The molecule has 2 aromatic carbocycles. The van der Waals surface area contributed by atoms with E-state index in [1.807, 2.05) is 48.7 Å². The molecule has 9 heteroatoms. The van der Waals surface area contributed by atoms with E-state index in [1.54, 1.807) is 16.8 Å². The Morgan fingerprint density at radius 3 is 2.55 bits per heavy atom. The van der Waals surface area contributed by atoms with Gasteiger partial charge in [0.15, 0.2) is 5.78 Å². The van der Waals surface area contributed by atoms with Crippen molar-refractivity contribution in [2.24, 2.45) is 0 Å². The van der Waals surface area contributed by atoms with Crippen LogP contribution in [0.3, 0.4) is 0 Å². The summed E-state index contributed by atoms with van der Waals surface area (Å²) in [6.07, 6.45) is 5.01. The molecule has 196 valence electrons. The first kappa shape index (κ1) is 25.6. The molecule has 4 aromatic rings. The van der Waals surface area contributed by atoms with Gasteiger partial charge in [-0.3, -0.25) is 9.69 Å². The lowest BCUT2D eigenvalue weighted by atomic mass is 10.1. The van der Waals surface area contributed by atoms with E-state index in [0.29, 0.717) is 11.0 Å². The second-order valence-corrected chi connectivity index (χ2v) is 9.17. The topological polar surface area (TPSA) is 93.7 Å². The summed E-state index contributed by atoms with van der Waals surface area (Å²) in [5, 5.41) is 9.24. The smallest absolute Gasteiger partial charge is 0.347 e. The zero-order chi connectivity index (χ0) is 26.5. The minimum atomic E-state index is -0.640. The second-order valence-electron chi connectivity index (χ2n) is 9.17. The van der Waals surface area contributed by atoms with Gasteiger partial charge in [0.25, 0.3) is 0 Å². The maximum Gasteiger partial charge on any atom is 0.347 e. The normalized spacial score (nSPS) is 14.4. The summed E-state index contributed by atoms with van der Waals surface area (Å²) in [5.74, 6) is -0.401. The number of nitrogens with zero attached hydrogens (tertiary/aromatic N) is 5. The van der Waals surface area contributed by atoms with Crippen LogP contribution in [-0.4, -0.2) is 65.1 Å². The standard InChI is InChI=1S/C29H31N5O4/c1-3-33(4-2)25-11-8-22-17-26(29(36)38-28(22)18-25)27(35)12-7-21-5-9-24(10-6-21)34-20-23(30-31-34)19-32-13-15-37-16-14-32/h5-12,17-18,20H,3-4,13-16,19H2,1-2H3. The molecule has 38 heavy (non-hydrogen) atoms. The number of fused-ring (bicyclic) bond motifs is 1. The molecule has 0 spiro atoms. The Morgan fingerprint density at radius 2 is 1.82 bits per heavy atom. The Kier molecular flexibility index (Phi) is 7.76. The molecule has 0 atom stereocenters. The number of rotatable bonds is 9. The van der Waals surface area contributed by atoms with Gasteiger partial charge in [-0.05, 0) is 55.8 Å². The summed E-state index contributed by atoms with van der Waals surface area (Å²) in [6, 6.07) is 14.9. The maximum absolute atomic E-state index is 12.8. The zero-order valence-corrected chi connectivity index (χ0v) is 21.7. The molecule has 1 fully saturated rings. The van der Waals surface area contributed by atoms with E-state index in [2.05, 4.69) is 34.0 Å². The van der Waals surface area contributed by atoms with Crippen molar-refractivity contribution in [1.82, 2.24) is 19.9 Å². The van der Waals surface area contributed by atoms with Crippen LogP contribution < -0.4 is 10.5 Å². The fourth-order valence-corrected chi connectivity index (χ4v) is 4.54. The monoisotopic (exact) mass is 513 g/mol. The molecule has 9 nitrogen and oxygen atoms in total. The summed E-state index contributed by atoms with van der Waals surface area (Å²) in [4.78, 5) is 29.9. The highest BCUT2D eigenvalue weighted by Crippen LogP contribution is 2.22. The predicted molar refractivity (Wildman–Crippen MR) is 147 cm³/mol. The van der Waals surface area contributed by atoms with Crippen LogP contribution in [-0.2, 0) is 11.3 Å². The highest BCUT2D eigenvalue weighted by atomic mass is 16.5. The molecular weight excluding hydrogens is 482 g/mol. The largest absolute Gasteiger partial charge is 0.422 e. The van der Waals surface area contributed by atoms with Crippen molar-refractivity contribution in [3.63, 3.8) is 0 Å². The number of ketones is 1. The lowest BCUT2D eigenvalue weighted by Crippen LogP contribution is -2.35. The quantitative estimate of drug-likeness (QED) is 0.189. The highest BCUT2D eigenvalue weighted by molar-refractivity contribution is 6.07. The summed E-state index contributed by atoms with van der Waals surface area (Å²) in [6.45, 7) is 9.87. The number of allylic oxidation sites excluding steroid dienone is 1. The van der Waals surface area contributed by atoms with E-state index in [0.717, 1.165) is 68.6 Å². The minimum Gasteiger partial charge on any atom is -0.422 e. The molecule has 0 radical (unpaired) electrons. The van der Waals surface area contributed by atoms with Crippen LogP contribution in [0.15, 0.2) is 70.0 Å². The number of anilines is 1. The molecule has 2 aromatic heterocycles. The Hall–Kier alpha value is -4.08. The third-order valence-corrected chi connectivity index (χ3v) is 6.73. The number of benzene rings is 2. The van der Waals surface area contributed by atoms with Gasteiger partial charge >= 0.3 is 5.63 Å². The van der Waals surface area contributed by atoms with Gasteiger partial charge in [0.2, 0.25) is 0 Å². The summed E-state index contributed by atoms with van der Waals surface area (Å²) < 4.78 is 12.6. The van der Waals surface area contributed by atoms with Crippen molar-refractivity contribution in [3.05, 3.63) is 88.0 Å². The molecule has 3 heterocycles. The van der Waals surface area contributed by atoms with E-state index in [4.69, 9.17) is 9.15 Å². The summed E-state index contributed by atoms with van der Waals surface area (Å²) in [7, 11) is 0. The molecule has 1 saturated heterocycles. The highest BCUT2D eigenvalue weighted by Gasteiger charge is 2.14. The Balaban J connectivity index is 1.26. The van der Waals surface area contributed by atoms with Crippen LogP contribution in [0.25, 0.3) is 22.7 Å². The third-order valence-electron chi connectivity index (χ3n) is 6.73. The van der Waals surface area contributed by atoms with Gasteiger partial charge in [-0.15, -0.1) is 5.10 Å². The molecular formula is C29H31N5O4. The fraction of sp³-hybridized carbons (Fsp3) is 0.310. The molecule has 1 aliphatic heterocycles. The molecule has 5 rings (SSSR count). The van der Waals surface area contributed by atoms with E-state index in [9.17, 15) is 9.59 Å². The van der Waals surface area contributed by atoms with Crippen molar-refractivity contribution in [2.45, 2.75) is 20.4 Å². The van der Waals surface area contributed by atoms with Gasteiger partial charge in [-0.25, -0.2) is 9.48 Å². The van der Waals surface area contributed by atoms with E-state index < -0.39 is 11.4 Å². The summed E-state index contributed by atoms with van der Waals surface area (Å²) in [5.41, 5.74) is 3.41. The molecule has 0 amide bonds. The van der Waals surface area contributed by atoms with Crippen molar-refractivity contribution in [2.75, 3.05) is 44.3 Å². The molecule has 0 N–H and O–H groups in total. The number of carbonyl (C=O) groups excluding carboxylic acids is 1. The lowest BCUT2D eigenvalue weighted by Gasteiger charge is -2.25.